The molecular formula is C9H19N. The Morgan fingerprint density at radius 3 is 2.10 bits per heavy atom. The third-order valence-electron chi connectivity index (χ3n) is 2.52. The molecule has 1 saturated heterocycles. The second-order valence-corrected chi connectivity index (χ2v) is 4.50. The first-order valence-electron chi connectivity index (χ1n) is 4.22. The Hall–Kier alpha value is -0.0400. The molecule has 0 radical (unpaired) electrons. The molecule has 1 rings (SSSR count). The van der Waals surface area contributed by atoms with Crippen molar-refractivity contribution in [2.75, 3.05) is 13.6 Å². The third-order valence-corrected chi connectivity index (χ3v) is 2.52. The molecule has 1 atom stereocenters. The van der Waals surface area contributed by atoms with Gasteiger partial charge in [0.15, 0.2) is 0 Å². The number of likely N-dealkylation sites (tertiary alicyclic amines) is 1. The number of rotatable bonds is 0. The van der Waals surface area contributed by atoms with E-state index < -0.39 is 0 Å². The highest BCUT2D eigenvalue weighted by molar-refractivity contribution is 4.85. The van der Waals surface area contributed by atoms with Gasteiger partial charge < -0.3 is 4.90 Å². The average molecular weight is 141 g/mol. The van der Waals surface area contributed by atoms with Crippen molar-refractivity contribution in [1.82, 2.24) is 4.90 Å². The maximum Gasteiger partial charge on any atom is 0.0141 e. The molecule has 1 aliphatic heterocycles. The highest BCUT2D eigenvalue weighted by Crippen LogP contribution is 2.30. The molecule has 0 amide bonds. The first kappa shape index (κ1) is 8.06. The lowest BCUT2D eigenvalue weighted by molar-refractivity contribution is 0.169. The van der Waals surface area contributed by atoms with Crippen LogP contribution >= 0.6 is 0 Å². The molecule has 0 aromatic carbocycles. The van der Waals surface area contributed by atoms with Gasteiger partial charge in [-0.15, -0.1) is 0 Å². The normalized spacial score (nSPS) is 29.4. The van der Waals surface area contributed by atoms with Crippen LogP contribution in [0, 0.1) is 5.41 Å². The van der Waals surface area contributed by atoms with Crippen LogP contribution in [0.3, 0.4) is 0 Å². The summed E-state index contributed by atoms with van der Waals surface area (Å²) in [6, 6.07) is 0.812. The van der Waals surface area contributed by atoms with E-state index in [1.165, 1.54) is 19.4 Å². The zero-order valence-corrected chi connectivity index (χ0v) is 7.65. The highest BCUT2D eigenvalue weighted by Gasteiger charge is 2.31. The van der Waals surface area contributed by atoms with Gasteiger partial charge in [0.1, 0.15) is 0 Å². The summed E-state index contributed by atoms with van der Waals surface area (Å²) in [5.41, 5.74) is 0.477. The summed E-state index contributed by atoms with van der Waals surface area (Å²) < 4.78 is 0. The predicted octanol–water partition coefficient (Wildman–Crippen LogP) is 2.13. The summed E-state index contributed by atoms with van der Waals surface area (Å²) in [7, 11) is 2.24. The Labute approximate surface area is 64.4 Å². The van der Waals surface area contributed by atoms with E-state index in [1.807, 2.05) is 0 Å². The van der Waals surface area contributed by atoms with Gasteiger partial charge >= 0.3 is 0 Å². The van der Waals surface area contributed by atoms with Crippen molar-refractivity contribution < 1.29 is 0 Å². The number of hydrogen-bond donors (Lipinski definition) is 0. The van der Waals surface area contributed by atoms with E-state index in [4.69, 9.17) is 0 Å². The molecule has 0 spiro atoms. The van der Waals surface area contributed by atoms with Crippen molar-refractivity contribution in [3.63, 3.8) is 0 Å². The standard InChI is InChI=1S/C9H19N/c1-9(2,3)8-6-5-7-10(8)4/h8H,5-7H2,1-4H3/t8-/m1/s1. The van der Waals surface area contributed by atoms with Gasteiger partial charge in [-0.2, -0.15) is 0 Å². The molecule has 0 bridgehead atoms. The quantitative estimate of drug-likeness (QED) is 0.499. The van der Waals surface area contributed by atoms with Crippen molar-refractivity contribution in [2.45, 2.75) is 39.7 Å². The van der Waals surface area contributed by atoms with Crippen LogP contribution < -0.4 is 0 Å². The Morgan fingerprint density at radius 2 is 1.90 bits per heavy atom. The summed E-state index contributed by atoms with van der Waals surface area (Å²) in [6.07, 6.45) is 2.78. The lowest BCUT2D eigenvalue weighted by Crippen LogP contribution is -2.36. The SMILES string of the molecule is CN1CCC[C@@H]1C(C)(C)C. The van der Waals surface area contributed by atoms with E-state index in [0.29, 0.717) is 5.41 Å². The van der Waals surface area contributed by atoms with E-state index in [9.17, 15) is 0 Å². The van der Waals surface area contributed by atoms with Gasteiger partial charge in [0.25, 0.3) is 0 Å². The fraction of sp³-hybridized carbons (Fsp3) is 1.00. The minimum Gasteiger partial charge on any atom is -0.303 e. The van der Waals surface area contributed by atoms with Gasteiger partial charge in [-0.05, 0) is 31.8 Å². The minimum absolute atomic E-state index is 0.477. The topological polar surface area (TPSA) is 3.24 Å². The lowest BCUT2D eigenvalue weighted by Gasteiger charge is -2.32. The van der Waals surface area contributed by atoms with Crippen molar-refractivity contribution in [1.29, 1.82) is 0 Å². The van der Waals surface area contributed by atoms with Gasteiger partial charge in [0.05, 0.1) is 0 Å². The van der Waals surface area contributed by atoms with Gasteiger partial charge in [0, 0.05) is 6.04 Å². The van der Waals surface area contributed by atoms with Crippen LogP contribution in [0.5, 0.6) is 0 Å². The van der Waals surface area contributed by atoms with Gasteiger partial charge in [0.2, 0.25) is 0 Å². The van der Waals surface area contributed by atoms with E-state index in [0.717, 1.165) is 6.04 Å². The fourth-order valence-electron chi connectivity index (χ4n) is 2.00. The minimum atomic E-state index is 0.477. The van der Waals surface area contributed by atoms with Crippen LogP contribution in [0.2, 0.25) is 0 Å². The van der Waals surface area contributed by atoms with Crippen molar-refractivity contribution in [2.24, 2.45) is 5.41 Å². The molecule has 0 aromatic heterocycles. The van der Waals surface area contributed by atoms with Crippen LogP contribution in [-0.2, 0) is 0 Å². The van der Waals surface area contributed by atoms with E-state index in [2.05, 4.69) is 32.7 Å². The molecule has 0 saturated carbocycles. The zero-order chi connectivity index (χ0) is 7.78. The molecule has 0 aromatic rings. The summed E-state index contributed by atoms with van der Waals surface area (Å²) in [6.45, 7) is 8.29. The first-order chi connectivity index (χ1) is 4.52. The zero-order valence-electron chi connectivity index (χ0n) is 7.65. The molecule has 10 heavy (non-hydrogen) atoms. The van der Waals surface area contributed by atoms with Crippen molar-refractivity contribution in [3.8, 4) is 0 Å². The number of hydrogen-bond acceptors (Lipinski definition) is 1. The monoisotopic (exact) mass is 141 g/mol. The molecule has 0 unspecified atom stereocenters. The first-order valence-corrected chi connectivity index (χ1v) is 4.22. The third kappa shape index (κ3) is 1.51. The van der Waals surface area contributed by atoms with Gasteiger partial charge in [-0.1, -0.05) is 20.8 Å². The highest BCUT2D eigenvalue weighted by atomic mass is 15.2. The largest absolute Gasteiger partial charge is 0.303 e. The van der Waals surface area contributed by atoms with Crippen LogP contribution in [-0.4, -0.2) is 24.5 Å². The van der Waals surface area contributed by atoms with Gasteiger partial charge in [-0.25, -0.2) is 0 Å². The Kier molecular flexibility index (Phi) is 2.04. The molecule has 1 heteroatoms. The Morgan fingerprint density at radius 1 is 1.30 bits per heavy atom. The maximum absolute atomic E-state index is 2.49. The lowest BCUT2D eigenvalue weighted by atomic mass is 9.85. The van der Waals surface area contributed by atoms with Crippen LogP contribution in [0.15, 0.2) is 0 Å². The van der Waals surface area contributed by atoms with Crippen LogP contribution in [0.1, 0.15) is 33.6 Å². The molecule has 0 aliphatic carbocycles. The maximum atomic E-state index is 2.49. The summed E-state index contributed by atoms with van der Waals surface area (Å²) in [4.78, 5) is 2.49. The van der Waals surface area contributed by atoms with Crippen molar-refractivity contribution in [3.05, 3.63) is 0 Å². The smallest absolute Gasteiger partial charge is 0.0141 e. The van der Waals surface area contributed by atoms with E-state index >= 15 is 0 Å². The molecule has 0 N–H and O–H groups in total. The molecule has 1 fully saturated rings. The second-order valence-electron chi connectivity index (χ2n) is 4.50. The van der Waals surface area contributed by atoms with Gasteiger partial charge in [-0.3, -0.25) is 0 Å². The van der Waals surface area contributed by atoms with E-state index in [-0.39, 0.29) is 0 Å². The summed E-state index contributed by atoms with van der Waals surface area (Å²) >= 11 is 0. The fourth-order valence-corrected chi connectivity index (χ4v) is 2.00. The molecular weight excluding hydrogens is 122 g/mol. The molecule has 1 aliphatic rings. The molecule has 60 valence electrons. The van der Waals surface area contributed by atoms with Crippen molar-refractivity contribution >= 4 is 0 Å². The second kappa shape index (κ2) is 2.54. The van der Waals surface area contributed by atoms with Crippen LogP contribution in [0.4, 0.5) is 0 Å². The summed E-state index contributed by atoms with van der Waals surface area (Å²) in [5.74, 6) is 0. The number of nitrogens with zero attached hydrogens (tertiary/aromatic N) is 1. The predicted molar refractivity (Wildman–Crippen MR) is 45.1 cm³/mol. The molecule has 1 nitrogen and oxygen atoms in total. The average Bonchev–Trinajstić information content (AvgIpc) is 2.11. The van der Waals surface area contributed by atoms with Crippen LogP contribution in [0.25, 0.3) is 0 Å². The van der Waals surface area contributed by atoms with E-state index in [1.54, 1.807) is 0 Å². The Bertz CT molecular complexity index is 112. The summed E-state index contributed by atoms with van der Waals surface area (Å²) in [5, 5.41) is 0. The molecule has 1 heterocycles. The Balaban J connectivity index is 2.55.